The molecule has 1 saturated heterocycles. The summed E-state index contributed by atoms with van der Waals surface area (Å²) in [6.45, 7) is 6.26. The molecular weight excluding hydrogens is 240 g/mol. The molecule has 1 aromatic carbocycles. The van der Waals surface area contributed by atoms with Crippen molar-refractivity contribution in [2.45, 2.75) is 52.1 Å². The molecule has 0 aromatic heterocycles. The second-order valence-electron chi connectivity index (χ2n) is 5.40. The van der Waals surface area contributed by atoms with Crippen LogP contribution in [-0.4, -0.2) is 33.0 Å². The lowest BCUT2D eigenvalue weighted by atomic mass is 10.00. The molecule has 4 nitrogen and oxygen atoms in total. The fourth-order valence-corrected chi connectivity index (χ4v) is 2.66. The van der Waals surface area contributed by atoms with Crippen molar-refractivity contribution < 1.29 is 10.2 Å². The standard InChI is InChI=1S/C15H22N2O2/c1-10-5-4-6-11(2)17(10)16-12(3)14-8-7-13(18)9-15(14)19/h7-11,18-19H,4-6H2,1-3H3. The van der Waals surface area contributed by atoms with Gasteiger partial charge in [0.25, 0.3) is 0 Å². The maximum atomic E-state index is 9.86. The van der Waals surface area contributed by atoms with Gasteiger partial charge < -0.3 is 10.2 Å². The van der Waals surface area contributed by atoms with Gasteiger partial charge in [-0.2, -0.15) is 5.10 Å². The number of hydrogen-bond acceptors (Lipinski definition) is 4. The number of hydrazone groups is 1. The molecule has 0 bridgehead atoms. The van der Waals surface area contributed by atoms with Gasteiger partial charge in [0, 0.05) is 23.7 Å². The van der Waals surface area contributed by atoms with Crippen LogP contribution >= 0.6 is 0 Å². The summed E-state index contributed by atoms with van der Waals surface area (Å²) >= 11 is 0. The van der Waals surface area contributed by atoms with Gasteiger partial charge in [0.2, 0.25) is 0 Å². The number of benzene rings is 1. The van der Waals surface area contributed by atoms with E-state index in [0.717, 1.165) is 18.6 Å². The van der Waals surface area contributed by atoms with Crippen molar-refractivity contribution in [3.8, 4) is 11.5 Å². The minimum Gasteiger partial charge on any atom is -0.508 e. The van der Waals surface area contributed by atoms with Gasteiger partial charge >= 0.3 is 0 Å². The Labute approximate surface area is 114 Å². The monoisotopic (exact) mass is 262 g/mol. The molecular formula is C15H22N2O2. The van der Waals surface area contributed by atoms with Crippen LogP contribution in [0, 0.1) is 0 Å². The van der Waals surface area contributed by atoms with Crippen LogP contribution in [0.2, 0.25) is 0 Å². The maximum absolute atomic E-state index is 9.86. The summed E-state index contributed by atoms with van der Waals surface area (Å²) in [5, 5.41) is 26.0. The highest BCUT2D eigenvalue weighted by molar-refractivity contribution is 6.01. The zero-order valence-corrected chi connectivity index (χ0v) is 11.8. The van der Waals surface area contributed by atoms with Gasteiger partial charge in [-0.1, -0.05) is 0 Å². The highest BCUT2D eigenvalue weighted by atomic mass is 16.3. The molecule has 2 rings (SSSR count). The van der Waals surface area contributed by atoms with Gasteiger partial charge in [-0.05, 0) is 52.2 Å². The third kappa shape index (κ3) is 3.00. The van der Waals surface area contributed by atoms with Crippen molar-refractivity contribution >= 4 is 5.71 Å². The Hall–Kier alpha value is -1.71. The molecule has 1 fully saturated rings. The highest BCUT2D eigenvalue weighted by Gasteiger charge is 2.23. The predicted molar refractivity (Wildman–Crippen MR) is 76.6 cm³/mol. The van der Waals surface area contributed by atoms with E-state index in [4.69, 9.17) is 0 Å². The smallest absolute Gasteiger partial charge is 0.128 e. The van der Waals surface area contributed by atoms with Crippen LogP contribution in [0.5, 0.6) is 11.5 Å². The summed E-state index contributed by atoms with van der Waals surface area (Å²) in [4.78, 5) is 0. The Morgan fingerprint density at radius 2 is 1.84 bits per heavy atom. The van der Waals surface area contributed by atoms with Crippen molar-refractivity contribution in [1.82, 2.24) is 5.01 Å². The van der Waals surface area contributed by atoms with Crippen LogP contribution in [0.3, 0.4) is 0 Å². The molecule has 104 valence electrons. The molecule has 4 heteroatoms. The summed E-state index contributed by atoms with van der Waals surface area (Å²) in [5.41, 5.74) is 1.45. The van der Waals surface area contributed by atoms with Gasteiger partial charge in [-0.15, -0.1) is 0 Å². The number of phenolic OH excluding ortho intramolecular Hbond substituents is 2. The van der Waals surface area contributed by atoms with E-state index < -0.39 is 0 Å². The van der Waals surface area contributed by atoms with Crippen molar-refractivity contribution in [1.29, 1.82) is 0 Å². The summed E-state index contributed by atoms with van der Waals surface area (Å²) < 4.78 is 0. The van der Waals surface area contributed by atoms with Gasteiger partial charge in [0.1, 0.15) is 11.5 Å². The van der Waals surface area contributed by atoms with E-state index in [1.165, 1.54) is 12.5 Å². The molecule has 19 heavy (non-hydrogen) atoms. The molecule has 0 amide bonds. The van der Waals surface area contributed by atoms with E-state index in [1.807, 2.05) is 6.92 Å². The zero-order chi connectivity index (χ0) is 14.0. The fourth-order valence-electron chi connectivity index (χ4n) is 2.66. The summed E-state index contributed by atoms with van der Waals surface area (Å²) in [7, 11) is 0. The first kappa shape index (κ1) is 13.7. The first-order chi connectivity index (χ1) is 8.99. The molecule has 2 unspecified atom stereocenters. The highest BCUT2D eigenvalue weighted by Crippen LogP contribution is 2.26. The minimum atomic E-state index is 0.0637. The van der Waals surface area contributed by atoms with E-state index in [-0.39, 0.29) is 11.5 Å². The van der Waals surface area contributed by atoms with Crippen LogP contribution in [0.1, 0.15) is 45.6 Å². The van der Waals surface area contributed by atoms with Gasteiger partial charge in [0.05, 0.1) is 5.71 Å². The molecule has 1 aliphatic heterocycles. The number of hydrogen-bond donors (Lipinski definition) is 2. The van der Waals surface area contributed by atoms with Gasteiger partial charge in [-0.25, -0.2) is 0 Å². The first-order valence-electron chi connectivity index (χ1n) is 6.85. The number of piperidine rings is 1. The zero-order valence-electron chi connectivity index (χ0n) is 11.8. The predicted octanol–water partition coefficient (Wildman–Crippen LogP) is 3.08. The van der Waals surface area contributed by atoms with Crippen LogP contribution in [0.15, 0.2) is 23.3 Å². The molecule has 1 heterocycles. The fraction of sp³-hybridized carbons (Fsp3) is 0.533. The van der Waals surface area contributed by atoms with Crippen LogP contribution in [0.25, 0.3) is 0 Å². The second kappa shape index (κ2) is 5.51. The quantitative estimate of drug-likeness (QED) is 0.805. The topological polar surface area (TPSA) is 56.1 Å². The molecule has 2 atom stereocenters. The molecule has 0 radical (unpaired) electrons. The van der Waals surface area contributed by atoms with E-state index >= 15 is 0 Å². The first-order valence-corrected chi connectivity index (χ1v) is 6.85. The van der Waals surface area contributed by atoms with E-state index in [1.54, 1.807) is 12.1 Å². The summed E-state index contributed by atoms with van der Waals surface area (Å²) in [5.74, 6) is 0.132. The Bertz CT molecular complexity index is 475. The Kier molecular flexibility index (Phi) is 3.98. The van der Waals surface area contributed by atoms with E-state index in [2.05, 4.69) is 24.0 Å². The molecule has 0 spiro atoms. The third-order valence-electron chi connectivity index (χ3n) is 3.78. The van der Waals surface area contributed by atoms with E-state index in [9.17, 15) is 10.2 Å². The second-order valence-corrected chi connectivity index (χ2v) is 5.40. The lowest BCUT2D eigenvalue weighted by Crippen LogP contribution is -2.40. The van der Waals surface area contributed by atoms with Crippen LogP contribution in [-0.2, 0) is 0 Å². The minimum absolute atomic E-state index is 0.0637. The number of aromatic hydroxyl groups is 2. The maximum Gasteiger partial charge on any atom is 0.128 e. The molecule has 2 N–H and O–H groups in total. The van der Waals surface area contributed by atoms with Crippen molar-refractivity contribution in [2.24, 2.45) is 5.10 Å². The average Bonchev–Trinajstić information content (AvgIpc) is 2.33. The molecule has 1 aromatic rings. The van der Waals surface area contributed by atoms with Gasteiger partial charge in [-0.3, -0.25) is 5.01 Å². The molecule has 0 saturated carbocycles. The van der Waals surface area contributed by atoms with E-state index in [0.29, 0.717) is 17.6 Å². The van der Waals surface area contributed by atoms with Crippen molar-refractivity contribution in [3.05, 3.63) is 23.8 Å². The Morgan fingerprint density at radius 3 is 2.42 bits per heavy atom. The lowest BCUT2D eigenvalue weighted by Gasteiger charge is -2.37. The largest absolute Gasteiger partial charge is 0.508 e. The average molecular weight is 262 g/mol. The third-order valence-corrected chi connectivity index (χ3v) is 3.78. The van der Waals surface area contributed by atoms with Crippen molar-refractivity contribution in [3.63, 3.8) is 0 Å². The normalized spacial score (nSPS) is 24.6. The number of phenols is 2. The van der Waals surface area contributed by atoms with Crippen molar-refractivity contribution in [2.75, 3.05) is 0 Å². The lowest BCUT2D eigenvalue weighted by molar-refractivity contribution is 0.108. The Morgan fingerprint density at radius 1 is 1.21 bits per heavy atom. The number of nitrogens with zero attached hydrogens (tertiary/aromatic N) is 2. The summed E-state index contributed by atoms with van der Waals surface area (Å²) in [6, 6.07) is 5.47. The Balaban J connectivity index is 2.26. The van der Waals surface area contributed by atoms with Crippen LogP contribution < -0.4 is 0 Å². The van der Waals surface area contributed by atoms with Crippen LogP contribution in [0.4, 0.5) is 0 Å². The van der Waals surface area contributed by atoms with Gasteiger partial charge in [0.15, 0.2) is 0 Å². The molecule has 1 aliphatic rings. The number of rotatable bonds is 2. The SMILES string of the molecule is CC(=NN1C(C)CCCC1C)c1ccc(O)cc1O. The molecule has 0 aliphatic carbocycles. The summed E-state index contributed by atoms with van der Waals surface area (Å²) in [6.07, 6.45) is 3.56.